The summed E-state index contributed by atoms with van der Waals surface area (Å²) in [4.78, 5) is 4.52. The molecule has 0 saturated carbocycles. The lowest BCUT2D eigenvalue weighted by Gasteiger charge is -2.00. The first-order valence-electron chi connectivity index (χ1n) is 5.56. The number of imidazole rings is 1. The molecule has 0 aliphatic carbocycles. The van der Waals surface area contributed by atoms with Gasteiger partial charge in [-0.05, 0) is 35.0 Å². The molecule has 0 radical (unpaired) electrons. The maximum absolute atomic E-state index is 5.96. The van der Waals surface area contributed by atoms with Crippen molar-refractivity contribution < 1.29 is 0 Å². The first-order valence-corrected chi connectivity index (χ1v) is 6.35. The van der Waals surface area contributed by atoms with Crippen molar-refractivity contribution in [2.75, 3.05) is 5.73 Å². The zero-order valence-electron chi connectivity index (χ0n) is 9.84. The Morgan fingerprint density at radius 2 is 2.22 bits per heavy atom. The lowest BCUT2D eigenvalue weighted by molar-refractivity contribution is 0.678. The monoisotopic (exact) mass is 305 g/mol. The summed E-state index contributed by atoms with van der Waals surface area (Å²) in [6.07, 6.45) is 3.96. The third kappa shape index (κ3) is 1.78. The number of rotatable bonds is 2. The Morgan fingerprint density at radius 1 is 1.39 bits per heavy atom. The Labute approximate surface area is 112 Å². The van der Waals surface area contributed by atoms with Crippen LogP contribution in [-0.2, 0) is 6.54 Å². The molecule has 0 fully saturated rings. The van der Waals surface area contributed by atoms with Gasteiger partial charge in [0, 0.05) is 12.4 Å². The number of aromatic nitrogens is 4. The van der Waals surface area contributed by atoms with Gasteiger partial charge in [0.2, 0.25) is 0 Å². The minimum atomic E-state index is 0.569. The van der Waals surface area contributed by atoms with Crippen molar-refractivity contribution in [3.63, 3.8) is 0 Å². The molecule has 0 atom stereocenters. The molecule has 0 bridgehead atoms. The van der Waals surface area contributed by atoms with Crippen molar-refractivity contribution in [3.8, 4) is 0 Å². The van der Waals surface area contributed by atoms with E-state index in [1.807, 2.05) is 41.9 Å². The molecule has 0 aliphatic rings. The maximum atomic E-state index is 5.96. The van der Waals surface area contributed by atoms with Gasteiger partial charge in [-0.3, -0.25) is 0 Å². The van der Waals surface area contributed by atoms with E-state index in [4.69, 9.17) is 5.73 Å². The molecule has 3 aromatic heterocycles. The number of halogens is 1. The summed E-state index contributed by atoms with van der Waals surface area (Å²) < 4.78 is 4.59. The number of hydrogen-bond donors (Lipinski definition) is 1. The van der Waals surface area contributed by atoms with Crippen LogP contribution in [0, 0.1) is 6.92 Å². The molecule has 3 aromatic rings. The SMILES string of the molecule is Cc1nn(Cc2cn3ccccc3n2)c(N)c1Br. The van der Waals surface area contributed by atoms with Crippen LogP contribution >= 0.6 is 15.9 Å². The van der Waals surface area contributed by atoms with Crippen molar-refractivity contribution in [2.24, 2.45) is 0 Å². The number of pyridine rings is 1. The number of nitrogen functional groups attached to an aromatic ring is 1. The van der Waals surface area contributed by atoms with Gasteiger partial charge >= 0.3 is 0 Å². The third-order valence-corrected chi connectivity index (χ3v) is 3.80. The molecule has 0 aromatic carbocycles. The van der Waals surface area contributed by atoms with Gasteiger partial charge in [-0.15, -0.1) is 0 Å². The topological polar surface area (TPSA) is 61.1 Å². The Kier molecular flexibility index (Phi) is 2.59. The highest BCUT2D eigenvalue weighted by Gasteiger charge is 2.11. The van der Waals surface area contributed by atoms with Crippen LogP contribution in [0.5, 0.6) is 0 Å². The van der Waals surface area contributed by atoms with Crippen molar-refractivity contribution in [1.82, 2.24) is 19.2 Å². The summed E-state index contributed by atoms with van der Waals surface area (Å²) in [7, 11) is 0. The van der Waals surface area contributed by atoms with E-state index in [0.29, 0.717) is 12.4 Å². The maximum Gasteiger partial charge on any atom is 0.137 e. The molecule has 0 saturated heterocycles. The Hall–Kier alpha value is -1.82. The molecule has 5 nitrogen and oxygen atoms in total. The van der Waals surface area contributed by atoms with Crippen LogP contribution in [-0.4, -0.2) is 19.2 Å². The lowest BCUT2D eigenvalue weighted by atomic mass is 10.4. The molecule has 2 N–H and O–H groups in total. The van der Waals surface area contributed by atoms with E-state index in [9.17, 15) is 0 Å². The molecule has 0 amide bonds. The van der Waals surface area contributed by atoms with E-state index < -0.39 is 0 Å². The average Bonchev–Trinajstić information content (AvgIpc) is 2.87. The zero-order chi connectivity index (χ0) is 12.7. The first kappa shape index (κ1) is 11.3. The molecular formula is C12H12BrN5. The van der Waals surface area contributed by atoms with Crippen LogP contribution in [0.4, 0.5) is 5.82 Å². The Balaban J connectivity index is 1.98. The molecule has 0 spiro atoms. The van der Waals surface area contributed by atoms with Gasteiger partial charge in [-0.25, -0.2) is 9.67 Å². The van der Waals surface area contributed by atoms with Crippen LogP contribution in [0.15, 0.2) is 35.1 Å². The lowest BCUT2D eigenvalue weighted by Crippen LogP contribution is -2.06. The van der Waals surface area contributed by atoms with Crippen LogP contribution in [0.2, 0.25) is 0 Å². The number of nitrogens with two attached hydrogens (primary N) is 1. The fraction of sp³-hybridized carbons (Fsp3) is 0.167. The summed E-state index contributed by atoms with van der Waals surface area (Å²) >= 11 is 3.41. The molecule has 92 valence electrons. The number of hydrogen-bond acceptors (Lipinski definition) is 3. The summed E-state index contributed by atoms with van der Waals surface area (Å²) in [5.41, 5.74) is 8.71. The molecule has 6 heteroatoms. The van der Waals surface area contributed by atoms with Gasteiger partial charge in [-0.1, -0.05) is 6.07 Å². The van der Waals surface area contributed by atoms with Crippen molar-refractivity contribution in [1.29, 1.82) is 0 Å². The minimum absolute atomic E-state index is 0.569. The average molecular weight is 306 g/mol. The zero-order valence-corrected chi connectivity index (χ0v) is 11.4. The van der Waals surface area contributed by atoms with E-state index in [-0.39, 0.29) is 0 Å². The predicted molar refractivity (Wildman–Crippen MR) is 73.4 cm³/mol. The molecular weight excluding hydrogens is 294 g/mol. The summed E-state index contributed by atoms with van der Waals surface area (Å²) in [5.74, 6) is 0.629. The van der Waals surface area contributed by atoms with E-state index >= 15 is 0 Å². The normalized spacial score (nSPS) is 11.2. The number of anilines is 1. The van der Waals surface area contributed by atoms with Crippen molar-refractivity contribution in [3.05, 3.63) is 46.5 Å². The van der Waals surface area contributed by atoms with Crippen LogP contribution in [0.3, 0.4) is 0 Å². The highest BCUT2D eigenvalue weighted by atomic mass is 79.9. The highest BCUT2D eigenvalue weighted by Crippen LogP contribution is 2.23. The second-order valence-corrected chi connectivity index (χ2v) is 4.93. The Morgan fingerprint density at radius 3 is 2.89 bits per heavy atom. The van der Waals surface area contributed by atoms with Gasteiger partial charge in [0.1, 0.15) is 11.5 Å². The molecule has 3 heterocycles. The fourth-order valence-electron chi connectivity index (χ4n) is 1.91. The van der Waals surface area contributed by atoms with Crippen LogP contribution in [0.25, 0.3) is 5.65 Å². The second-order valence-electron chi connectivity index (χ2n) is 4.14. The highest BCUT2D eigenvalue weighted by molar-refractivity contribution is 9.10. The standard InChI is InChI=1S/C12H12BrN5/c1-8-11(13)12(14)18(16-8)7-9-6-17-5-3-2-4-10(17)15-9/h2-6H,7,14H2,1H3. The van der Waals surface area contributed by atoms with Gasteiger partial charge in [0.25, 0.3) is 0 Å². The van der Waals surface area contributed by atoms with Gasteiger partial charge in [0.05, 0.1) is 22.4 Å². The molecule has 0 unspecified atom stereocenters. The molecule has 18 heavy (non-hydrogen) atoms. The van der Waals surface area contributed by atoms with E-state index in [1.54, 1.807) is 4.68 Å². The van der Waals surface area contributed by atoms with Gasteiger partial charge in [0.15, 0.2) is 0 Å². The van der Waals surface area contributed by atoms with Crippen LogP contribution < -0.4 is 5.73 Å². The summed E-state index contributed by atoms with van der Waals surface area (Å²) in [6, 6.07) is 5.91. The smallest absolute Gasteiger partial charge is 0.137 e. The largest absolute Gasteiger partial charge is 0.383 e. The summed E-state index contributed by atoms with van der Waals surface area (Å²) in [5, 5.41) is 4.37. The van der Waals surface area contributed by atoms with Crippen molar-refractivity contribution >= 4 is 27.4 Å². The van der Waals surface area contributed by atoms with E-state index in [0.717, 1.165) is 21.5 Å². The predicted octanol–water partition coefficient (Wildman–Crippen LogP) is 2.23. The van der Waals surface area contributed by atoms with Crippen LogP contribution in [0.1, 0.15) is 11.4 Å². The fourth-order valence-corrected chi connectivity index (χ4v) is 2.20. The molecule has 0 aliphatic heterocycles. The first-order chi connectivity index (χ1) is 8.65. The number of fused-ring (bicyclic) bond motifs is 1. The van der Waals surface area contributed by atoms with Crippen molar-refractivity contribution in [2.45, 2.75) is 13.5 Å². The van der Waals surface area contributed by atoms with Gasteiger partial charge in [-0.2, -0.15) is 5.10 Å². The third-order valence-electron chi connectivity index (χ3n) is 2.82. The quantitative estimate of drug-likeness (QED) is 0.790. The van der Waals surface area contributed by atoms with Gasteiger partial charge < -0.3 is 10.1 Å². The minimum Gasteiger partial charge on any atom is -0.383 e. The van der Waals surface area contributed by atoms with E-state index in [2.05, 4.69) is 26.0 Å². The number of nitrogens with zero attached hydrogens (tertiary/aromatic N) is 4. The van der Waals surface area contributed by atoms with E-state index in [1.165, 1.54) is 0 Å². The molecule has 3 rings (SSSR count). The second kappa shape index (κ2) is 4.13. The summed E-state index contributed by atoms with van der Waals surface area (Å²) in [6.45, 7) is 2.49. The Bertz CT molecular complexity index is 679. The number of aryl methyl sites for hydroxylation is 1.